The van der Waals surface area contributed by atoms with Gasteiger partial charge in [0.1, 0.15) is 5.65 Å². The van der Waals surface area contributed by atoms with Gasteiger partial charge in [0.05, 0.1) is 21.9 Å². The number of amides is 1. The summed E-state index contributed by atoms with van der Waals surface area (Å²) in [5.41, 5.74) is 2.01. The molecule has 0 aliphatic heterocycles. The molecule has 2 aromatic carbocycles. The third-order valence-corrected chi connectivity index (χ3v) is 8.24. The quantitative estimate of drug-likeness (QED) is 0.290. The van der Waals surface area contributed by atoms with E-state index < -0.39 is 21.6 Å². The van der Waals surface area contributed by atoms with Crippen molar-refractivity contribution in [1.29, 1.82) is 0 Å². The molecular formula is C27H25ClF3N3O3S. The van der Waals surface area contributed by atoms with Gasteiger partial charge in [0.2, 0.25) is 0 Å². The van der Waals surface area contributed by atoms with Gasteiger partial charge in [-0.1, -0.05) is 43.6 Å². The Kier molecular flexibility index (Phi) is 7.85. The Morgan fingerprint density at radius 1 is 1.05 bits per heavy atom. The smallest absolute Gasteiger partial charge is 0.348 e. The largest absolute Gasteiger partial charge is 0.416 e. The number of imidazole rings is 1. The third-order valence-electron chi connectivity index (χ3n) is 6.26. The van der Waals surface area contributed by atoms with Crippen LogP contribution in [0.4, 0.5) is 13.2 Å². The molecule has 11 heteroatoms. The molecule has 0 bridgehead atoms. The summed E-state index contributed by atoms with van der Waals surface area (Å²) in [6.07, 6.45) is -2.39. The molecule has 6 nitrogen and oxygen atoms in total. The van der Waals surface area contributed by atoms with Crippen molar-refractivity contribution in [2.75, 3.05) is 5.75 Å². The van der Waals surface area contributed by atoms with Crippen LogP contribution in [0.25, 0.3) is 5.65 Å². The Labute approximate surface area is 223 Å². The Hall–Kier alpha value is -3.37. The number of hydrogen-bond donors (Lipinski definition) is 1. The lowest BCUT2D eigenvalue weighted by molar-refractivity contribution is -0.138. The molecule has 200 valence electrons. The molecule has 0 saturated heterocycles. The van der Waals surface area contributed by atoms with E-state index in [4.69, 9.17) is 11.6 Å². The zero-order valence-electron chi connectivity index (χ0n) is 20.6. The molecular weight excluding hydrogens is 539 g/mol. The molecule has 1 N–H and O–H groups in total. The van der Waals surface area contributed by atoms with Gasteiger partial charge >= 0.3 is 6.18 Å². The van der Waals surface area contributed by atoms with Crippen LogP contribution in [-0.4, -0.2) is 29.5 Å². The number of aryl methyl sites for hydroxylation is 1. The standard InChI is InChI=1S/C27H25ClF3N3O3S/c1-3-24-23(13-18-7-8-20(28)15-22(18)27(29,30)31)33-25-14-19(11-12-34(24)25)26(35)32-16-17-5-9-21(10-6-17)38(36,37)4-2/h5-12,14-15H,3-4,13,16H2,1-2H3,(H,32,35). The molecule has 0 unspecified atom stereocenters. The summed E-state index contributed by atoms with van der Waals surface area (Å²) in [4.78, 5) is 17.6. The number of aromatic nitrogens is 2. The zero-order valence-corrected chi connectivity index (χ0v) is 22.2. The normalized spacial score (nSPS) is 12.2. The number of nitrogens with one attached hydrogen (secondary N) is 1. The van der Waals surface area contributed by atoms with Crippen molar-refractivity contribution in [3.05, 3.63) is 99.5 Å². The van der Waals surface area contributed by atoms with Crippen LogP contribution in [0.15, 0.2) is 65.7 Å². The highest BCUT2D eigenvalue weighted by atomic mass is 35.5. The Balaban J connectivity index is 1.55. The summed E-state index contributed by atoms with van der Waals surface area (Å²) in [7, 11) is -3.30. The molecule has 0 saturated carbocycles. The fraction of sp³-hybridized carbons (Fsp3) is 0.259. The SMILES string of the molecule is CCc1c(Cc2ccc(Cl)cc2C(F)(F)F)nc2cc(C(=O)NCc3ccc(S(=O)(=O)CC)cc3)ccn12. The number of halogens is 4. The van der Waals surface area contributed by atoms with Gasteiger partial charge in [-0.05, 0) is 53.9 Å². The molecule has 1 amide bonds. The molecule has 0 aliphatic rings. The van der Waals surface area contributed by atoms with E-state index in [9.17, 15) is 26.4 Å². The number of carbonyl (C=O) groups is 1. The second-order valence-electron chi connectivity index (χ2n) is 8.71. The fourth-order valence-electron chi connectivity index (χ4n) is 4.21. The van der Waals surface area contributed by atoms with Gasteiger partial charge in [0.15, 0.2) is 9.84 Å². The first-order chi connectivity index (χ1) is 17.9. The summed E-state index contributed by atoms with van der Waals surface area (Å²) in [5, 5.41) is 2.80. The number of alkyl halides is 3. The maximum absolute atomic E-state index is 13.6. The van der Waals surface area contributed by atoms with Crippen LogP contribution in [0.3, 0.4) is 0 Å². The second kappa shape index (κ2) is 10.8. The predicted molar refractivity (Wildman–Crippen MR) is 139 cm³/mol. The molecule has 4 rings (SSSR count). The number of pyridine rings is 1. The average Bonchev–Trinajstić information content (AvgIpc) is 3.24. The van der Waals surface area contributed by atoms with Gasteiger partial charge < -0.3 is 9.72 Å². The fourth-order valence-corrected chi connectivity index (χ4v) is 5.27. The van der Waals surface area contributed by atoms with Crippen LogP contribution in [0, 0.1) is 0 Å². The summed E-state index contributed by atoms with van der Waals surface area (Å²) < 4.78 is 66.5. The van der Waals surface area contributed by atoms with Crippen LogP contribution in [0.5, 0.6) is 0 Å². The highest BCUT2D eigenvalue weighted by Crippen LogP contribution is 2.35. The predicted octanol–water partition coefficient (Wildman–Crippen LogP) is 5.88. The lowest BCUT2D eigenvalue weighted by Crippen LogP contribution is -2.23. The van der Waals surface area contributed by atoms with Crippen molar-refractivity contribution in [3.63, 3.8) is 0 Å². The van der Waals surface area contributed by atoms with Gasteiger partial charge in [-0.2, -0.15) is 13.2 Å². The first-order valence-electron chi connectivity index (χ1n) is 11.9. The first kappa shape index (κ1) is 27.7. The Morgan fingerprint density at radius 2 is 1.76 bits per heavy atom. The number of sulfone groups is 1. The Bertz CT molecular complexity index is 1600. The third kappa shape index (κ3) is 5.86. The van der Waals surface area contributed by atoms with E-state index in [1.165, 1.54) is 24.3 Å². The lowest BCUT2D eigenvalue weighted by atomic mass is 10.0. The highest BCUT2D eigenvalue weighted by Gasteiger charge is 2.34. The maximum Gasteiger partial charge on any atom is 0.416 e. The van der Waals surface area contributed by atoms with Crippen LogP contribution in [0.1, 0.15) is 52.3 Å². The van der Waals surface area contributed by atoms with E-state index in [1.54, 1.807) is 41.8 Å². The average molecular weight is 564 g/mol. The summed E-state index contributed by atoms with van der Waals surface area (Å²) in [5.74, 6) is -0.360. The van der Waals surface area contributed by atoms with Crippen molar-refractivity contribution in [2.24, 2.45) is 0 Å². The molecule has 0 radical (unpaired) electrons. The number of nitrogens with zero attached hydrogens (tertiary/aromatic N) is 2. The lowest BCUT2D eigenvalue weighted by Gasteiger charge is -2.13. The molecule has 2 heterocycles. The highest BCUT2D eigenvalue weighted by molar-refractivity contribution is 7.91. The maximum atomic E-state index is 13.6. The van der Waals surface area contributed by atoms with Gasteiger partial charge in [0.25, 0.3) is 5.91 Å². The minimum Gasteiger partial charge on any atom is -0.348 e. The van der Waals surface area contributed by atoms with E-state index in [0.29, 0.717) is 23.3 Å². The van der Waals surface area contributed by atoms with Crippen molar-refractivity contribution < 1.29 is 26.4 Å². The van der Waals surface area contributed by atoms with E-state index in [2.05, 4.69) is 10.3 Å². The molecule has 0 spiro atoms. The van der Waals surface area contributed by atoms with Gasteiger partial charge in [-0.25, -0.2) is 13.4 Å². The second-order valence-corrected chi connectivity index (χ2v) is 11.4. The first-order valence-corrected chi connectivity index (χ1v) is 13.9. The van der Waals surface area contributed by atoms with E-state index in [1.807, 2.05) is 6.92 Å². The van der Waals surface area contributed by atoms with Crippen molar-refractivity contribution in [1.82, 2.24) is 14.7 Å². The molecule has 0 atom stereocenters. The Morgan fingerprint density at radius 3 is 2.39 bits per heavy atom. The minimum absolute atomic E-state index is 0.00395. The van der Waals surface area contributed by atoms with E-state index in [0.717, 1.165) is 17.3 Å². The van der Waals surface area contributed by atoms with Gasteiger partial charge in [0, 0.05) is 35.4 Å². The van der Waals surface area contributed by atoms with Crippen LogP contribution in [-0.2, 0) is 35.4 Å². The van der Waals surface area contributed by atoms with Crippen molar-refractivity contribution >= 4 is 33.0 Å². The number of rotatable bonds is 8. The molecule has 0 aliphatic carbocycles. The molecule has 2 aromatic heterocycles. The van der Waals surface area contributed by atoms with Gasteiger partial charge in [-0.15, -0.1) is 0 Å². The van der Waals surface area contributed by atoms with E-state index >= 15 is 0 Å². The van der Waals surface area contributed by atoms with E-state index in [-0.39, 0.29) is 40.1 Å². The zero-order chi connectivity index (χ0) is 27.7. The minimum atomic E-state index is -4.55. The topological polar surface area (TPSA) is 80.5 Å². The van der Waals surface area contributed by atoms with Crippen LogP contribution in [0.2, 0.25) is 5.02 Å². The van der Waals surface area contributed by atoms with Crippen LogP contribution < -0.4 is 5.32 Å². The summed E-state index contributed by atoms with van der Waals surface area (Å²) in [6.45, 7) is 3.65. The molecule has 0 fully saturated rings. The monoisotopic (exact) mass is 563 g/mol. The molecule has 4 aromatic rings. The number of fused-ring (bicyclic) bond motifs is 1. The van der Waals surface area contributed by atoms with Gasteiger partial charge in [-0.3, -0.25) is 4.79 Å². The van der Waals surface area contributed by atoms with Crippen molar-refractivity contribution in [2.45, 2.75) is 44.3 Å². The number of benzene rings is 2. The summed E-state index contributed by atoms with van der Waals surface area (Å²) >= 11 is 5.81. The molecule has 38 heavy (non-hydrogen) atoms. The van der Waals surface area contributed by atoms with Crippen LogP contribution >= 0.6 is 11.6 Å². The number of carbonyl (C=O) groups excluding carboxylic acids is 1. The summed E-state index contributed by atoms with van der Waals surface area (Å²) in [6, 6.07) is 13.2. The van der Waals surface area contributed by atoms with Crippen molar-refractivity contribution in [3.8, 4) is 0 Å². The number of hydrogen-bond acceptors (Lipinski definition) is 4.